The lowest BCUT2D eigenvalue weighted by Crippen LogP contribution is -2.27. The lowest BCUT2D eigenvalue weighted by molar-refractivity contribution is 0.201. The first-order valence-electron chi connectivity index (χ1n) is 4.58. The maximum atomic E-state index is 9.18. The molecule has 1 unspecified atom stereocenters. The molecular formula is C10H16N2O2. The minimum Gasteiger partial charge on any atom is -0.392 e. The van der Waals surface area contributed by atoms with Crippen LogP contribution in [-0.2, 0) is 6.61 Å². The molecule has 0 aliphatic heterocycles. The number of nitrogens with zero attached hydrogens (tertiary/aromatic N) is 2. The highest BCUT2D eigenvalue weighted by molar-refractivity contribution is 5.38. The number of pyridine rings is 1. The number of aliphatic hydroxyl groups is 2. The number of anilines is 1. The Labute approximate surface area is 83.8 Å². The molecule has 0 aromatic carbocycles. The van der Waals surface area contributed by atoms with Crippen molar-refractivity contribution in [2.75, 3.05) is 18.5 Å². The molecule has 0 spiro atoms. The summed E-state index contributed by atoms with van der Waals surface area (Å²) in [6, 6.07) is 3.65. The van der Waals surface area contributed by atoms with Crippen molar-refractivity contribution in [3.8, 4) is 0 Å². The van der Waals surface area contributed by atoms with E-state index < -0.39 is 0 Å². The molecule has 4 nitrogen and oxygen atoms in total. The Kier molecular flexibility index (Phi) is 3.85. The molecule has 1 heterocycles. The molecule has 14 heavy (non-hydrogen) atoms. The molecule has 1 aromatic heterocycles. The Bertz CT molecular complexity index is 272. The van der Waals surface area contributed by atoms with Gasteiger partial charge >= 0.3 is 0 Å². The molecule has 78 valence electrons. The Morgan fingerprint density at radius 3 is 2.64 bits per heavy atom. The van der Waals surface area contributed by atoms with Crippen molar-refractivity contribution in [2.24, 2.45) is 0 Å². The van der Waals surface area contributed by atoms with Gasteiger partial charge in [0.25, 0.3) is 0 Å². The lowest BCUT2D eigenvalue weighted by atomic mass is 10.3. The first-order valence-corrected chi connectivity index (χ1v) is 4.58. The summed E-state index contributed by atoms with van der Waals surface area (Å²) < 4.78 is 0. The van der Waals surface area contributed by atoms with E-state index in [1.54, 1.807) is 13.1 Å². The standard InChI is InChI=1S/C10H16N2O2/c1-8(14)6-12(2)10-4-3-9(7-13)5-11-10/h3-5,8,13-14H,6-7H2,1-2H3. The summed E-state index contributed by atoms with van der Waals surface area (Å²) in [5.41, 5.74) is 0.791. The second-order valence-electron chi connectivity index (χ2n) is 3.41. The minimum absolute atomic E-state index is 0.00734. The quantitative estimate of drug-likeness (QED) is 0.731. The lowest BCUT2D eigenvalue weighted by Gasteiger charge is -2.19. The van der Waals surface area contributed by atoms with Gasteiger partial charge in [0, 0.05) is 19.8 Å². The van der Waals surface area contributed by atoms with Crippen LogP contribution in [0.1, 0.15) is 12.5 Å². The average molecular weight is 196 g/mol. The fourth-order valence-corrected chi connectivity index (χ4v) is 1.23. The number of hydrogen-bond acceptors (Lipinski definition) is 4. The van der Waals surface area contributed by atoms with Crippen LogP contribution in [0, 0.1) is 0 Å². The highest BCUT2D eigenvalue weighted by Crippen LogP contribution is 2.09. The molecule has 1 atom stereocenters. The predicted molar refractivity (Wildman–Crippen MR) is 55.1 cm³/mol. The Morgan fingerprint density at radius 2 is 2.21 bits per heavy atom. The maximum Gasteiger partial charge on any atom is 0.128 e. The number of aromatic nitrogens is 1. The van der Waals surface area contributed by atoms with E-state index in [1.165, 1.54) is 0 Å². The van der Waals surface area contributed by atoms with Gasteiger partial charge in [-0.1, -0.05) is 6.07 Å². The monoisotopic (exact) mass is 196 g/mol. The fraction of sp³-hybridized carbons (Fsp3) is 0.500. The van der Waals surface area contributed by atoms with Crippen LogP contribution >= 0.6 is 0 Å². The largest absolute Gasteiger partial charge is 0.392 e. The van der Waals surface area contributed by atoms with Gasteiger partial charge in [-0.3, -0.25) is 0 Å². The smallest absolute Gasteiger partial charge is 0.128 e. The second-order valence-corrected chi connectivity index (χ2v) is 3.41. The first-order chi connectivity index (χ1) is 6.63. The highest BCUT2D eigenvalue weighted by atomic mass is 16.3. The molecule has 0 aliphatic carbocycles. The molecule has 0 amide bonds. The third-order valence-electron chi connectivity index (χ3n) is 1.92. The summed E-state index contributed by atoms with van der Waals surface area (Å²) in [5, 5.41) is 18.0. The second kappa shape index (κ2) is 4.93. The number of hydrogen-bond donors (Lipinski definition) is 2. The van der Waals surface area contributed by atoms with Gasteiger partial charge in [0.15, 0.2) is 0 Å². The summed E-state index contributed by atoms with van der Waals surface area (Å²) in [7, 11) is 1.87. The average Bonchev–Trinajstić information content (AvgIpc) is 2.17. The van der Waals surface area contributed by atoms with Gasteiger partial charge in [-0.05, 0) is 18.6 Å². The van der Waals surface area contributed by atoms with Crippen LogP contribution in [-0.4, -0.2) is 34.9 Å². The van der Waals surface area contributed by atoms with E-state index >= 15 is 0 Å². The summed E-state index contributed by atoms with van der Waals surface area (Å²) in [6.45, 7) is 2.29. The van der Waals surface area contributed by atoms with Crippen LogP contribution in [0.15, 0.2) is 18.3 Å². The third kappa shape index (κ3) is 2.97. The van der Waals surface area contributed by atoms with Crippen molar-refractivity contribution >= 4 is 5.82 Å². The van der Waals surface area contributed by atoms with Crippen LogP contribution in [0.25, 0.3) is 0 Å². The Morgan fingerprint density at radius 1 is 1.50 bits per heavy atom. The minimum atomic E-state index is -0.376. The summed E-state index contributed by atoms with van der Waals surface area (Å²) in [5.74, 6) is 0.795. The van der Waals surface area contributed by atoms with Crippen LogP contribution in [0.5, 0.6) is 0 Å². The summed E-state index contributed by atoms with van der Waals surface area (Å²) >= 11 is 0. The van der Waals surface area contributed by atoms with Gasteiger partial charge in [-0.25, -0.2) is 4.98 Å². The van der Waals surface area contributed by atoms with Crippen molar-refractivity contribution in [3.63, 3.8) is 0 Å². The van der Waals surface area contributed by atoms with Gasteiger partial charge < -0.3 is 15.1 Å². The molecule has 0 aliphatic rings. The molecule has 2 N–H and O–H groups in total. The molecule has 0 saturated carbocycles. The zero-order chi connectivity index (χ0) is 10.6. The maximum absolute atomic E-state index is 9.18. The number of likely N-dealkylation sites (N-methyl/N-ethyl adjacent to an activating group) is 1. The van der Waals surface area contributed by atoms with Gasteiger partial charge in [0.1, 0.15) is 5.82 Å². The van der Waals surface area contributed by atoms with Crippen LogP contribution in [0.3, 0.4) is 0 Å². The van der Waals surface area contributed by atoms with E-state index in [0.29, 0.717) is 6.54 Å². The Balaban J connectivity index is 2.66. The molecule has 0 saturated heterocycles. The van der Waals surface area contributed by atoms with Crippen molar-refractivity contribution in [3.05, 3.63) is 23.9 Å². The number of rotatable bonds is 4. The van der Waals surface area contributed by atoms with Crippen LogP contribution in [0.2, 0.25) is 0 Å². The fourth-order valence-electron chi connectivity index (χ4n) is 1.23. The SMILES string of the molecule is CC(O)CN(C)c1ccc(CO)cn1. The van der Waals surface area contributed by atoms with Crippen molar-refractivity contribution in [1.82, 2.24) is 4.98 Å². The van der Waals surface area contributed by atoms with E-state index in [1.807, 2.05) is 24.1 Å². The van der Waals surface area contributed by atoms with Gasteiger partial charge in [0.05, 0.1) is 12.7 Å². The van der Waals surface area contributed by atoms with Crippen LogP contribution < -0.4 is 4.90 Å². The zero-order valence-electron chi connectivity index (χ0n) is 8.51. The van der Waals surface area contributed by atoms with E-state index in [0.717, 1.165) is 11.4 Å². The molecule has 0 bridgehead atoms. The van der Waals surface area contributed by atoms with E-state index in [9.17, 15) is 5.11 Å². The van der Waals surface area contributed by atoms with E-state index in [4.69, 9.17) is 5.11 Å². The van der Waals surface area contributed by atoms with Crippen molar-refractivity contribution < 1.29 is 10.2 Å². The third-order valence-corrected chi connectivity index (χ3v) is 1.92. The first kappa shape index (κ1) is 10.9. The van der Waals surface area contributed by atoms with Gasteiger partial charge in [-0.2, -0.15) is 0 Å². The van der Waals surface area contributed by atoms with E-state index in [-0.39, 0.29) is 12.7 Å². The van der Waals surface area contributed by atoms with Crippen molar-refractivity contribution in [2.45, 2.75) is 19.6 Å². The van der Waals surface area contributed by atoms with E-state index in [2.05, 4.69) is 4.98 Å². The van der Waals surface area contributed by atoms with Gasteiger partial charge in [-0.15, -0.1) is 0 Å². The zero-order valence-corrected chi connectivity index (χ0v) is 8.51. The highest BCUT2D eigenvalue weighted by Gasteiger charge is 2.04. The van der Waals surface area contributed by atoms with Crippen LogP contribution in [0.4, 0.5) is 5.82 Å². The molecule has 1 rings (SSSR count). The number of aliphatic hydroxyl groups excluding tert-OH is 2. The molecular weight excluding hydrogens is 180 g/mol. The molecule has 0 radical (unpaired) electrons. The normalized spacial score (nSPS) is 12.6. The Hall–Kier alpha value is -1.13. The topological polar surface area (TPSA) is 56.6 Å². The molecule has 1 aromatic rings. The molecule has 4 heteroatoms. The van der Waals surface area contributed by atoms with Gasteiger partial charge in [0.2, 0.25) is 0 Å². The summed E-state index contributed by atoms with van der Waals surface area (Å²) in [4.78, 5) is 6.02. The molecule has 0 fully saturated rings. The summed E-state index contributed by atoms with van der Waals surface area (Å²) in [6.07, 6.45) is 1.26. The predicted octanol–water partition coefficient (Wildman–Crippen LogP) is 0.391. The van der Waals surface area contributed by atoms with Crippen molar-refractivity contribution in [1.29, 1.82) is 0 Å².